The van der Waals surface area contributed by atoms with Gasteiger partial charge in [0.25, 0.3) is 0 Å². The lowest BCUT2D eigenvalue weighted by Crippen LogP contribution is -2.00. The molecule has 0 spiro atoms. The number of aromatic nitrogens is 1. The van der Waals surface area contributed by atoms with Crippen LogP contribution in [0, 0.1) is 5.82 Å². The van der Waals surface area contributed by atoms with Crippen molar-refractivity contribution in [2.24, 2.45) is 0 Å². The van der Waals surface area contributed by atoms with Crippen LogP contribution in [0.2, 0.25) is 0 Å². The fourth-order valence-corrected chi connectivity index (χ4v) is 1.36. The monoisotopic (exact) mass is 217 g/mol. The van der Waals surface area contributed by atoms with Crippen LogP contribution in [0.4, 0.5) is 4.39 Å². The van der Waals surface area contributed by atoms with Gasteiger partial charge >= 0.3 is 5.97 Å². The van der Waals surface area contributed by atoms with Crippen LogP contribution in [0.25, 0.3) is 11.3 Å². The first-order valence-electron chi connectivity index (χ1n) is 4.63. The summed E-state index contributed by atoms with van der Waals surface area (Å²) in [5.41, 5.74) is 0.948. The molecule has 3 nitrogen and oxygen atoms in total. The van der Waals surface area contributed by atoms with Crippen molar-refractivity contribution < 1.29 is 14.3 Å². The maximum absolute atomic E-state index is 13.0. The zero-order valence-corrected chi connectivity index (χ0v) is 8.22. The summed E-state index contributed by atoms with van der Waals surface area (Å²) in [7, 11) is 0. The van der Waals surface area contributed by atoms with E-state index in [4.69, 9.17) is 5.11 Å². The van der Waals surface area contributed by atoms with Crippen molar-refractivity contribution in [1.82, 2.24) is 4.98 Å². The smallest absolute Gasteiger partial charge is 0.354 e. The highest BCUT2D eigenvalue weighted by Gasteiger charge is 2.06. The molecular weight excluding hydrogens is 209 g/mol. The Morgan fingerprint density at radius 2 is 1.94 bits per heavy atom. The zero-order valence-electron chi connectivity index (χ0n) is 8.22. The molecule has 1 aromatic carbocycles. The highest BCUT2D eigenvalue weighted by molar-refractivity contribution is 5.86. The molecule has 16 heavy (non-hydrogen) atoms. The first kappa shape index (κ1) is 10.3. The van der Waals surface area contributed by atoms with E-state index in [0.29, 0.717) is 11.3 Å². The van der Waals surface area contributed by atoms with Crippen molar-refractivity contribution in [3.8, 4) is 11.3 Å². The molecule has 4 heteroatoms. The molecule has 0 atom stereocenters. The summed E-state index contributed by atoms with van der Waals surface area (Å²) in [4.78, 5) is 14.6. The van der Waals surface area contributed by atoms with Crippen LogP contribution in [-0.4, -0.2) is 16.1 Å². The van der Waals surface area contributed by atoms with Crippen LogP contribution in [0.15, 0.2) is 42.5 Å². The number of carboxylic acid groups (broad SMARTS) is 1. The van der Waals surface area contributed by atoms with Crippen molar-refractivity contribution in [2.45, 2.75) is 0 Å². The number of carboxylic acids is 1. The summed E-state index contributed by atoms with van der Waals surface area (Å²) in [6.45, 7) is 0. The Morgan fingerprint density at radius 1 is 1.19 bits per heavy atom. The van der Waals surface area contributed by atoms with Gasteiger partial charge in [-0.3, -0.25) is 0 Å². The van der Waals surface area contributed by atoms with Gasteiger partial charge in [0.2, 0.25) is 0 Å². The van der Waals surface area contributed by atoms with Crippen molar-refractivity contribution in [2.75, 3.05) is 0 Å². The van der Waals surface area contributed by atoms with Gasteiger partial charge < -0.3 is 5.11 Å². The molecule has 1 aromatic heterocycles. The minimum atomic E-state index is -1.10. The average Bonchev–Trinajstić information content (AvgIpc) is 2.29. The molecule has 0 unspecified atom stereocenters. The Labute approximate surface area is 91.2 Å². The molecule has 0 fully saturated rings. The van der Waals surface area contributed by atoms with Crippen molar-refractivity contribution in [1.29, 1.82) is 0 Å². The molecule has 2 rings (SSSR count). The second-order valence-corrected chi connectivity index (χ2v) is 3.22. The number of carbonyl (C=O) groups is 1. The Morgan fingerprint density at radius 3 is 2.62 bits per heavy atom. The third kappa shape index (κ3) is 2.06. The number of hydrogen-bond acceptors (Lipinski definition) is 2. The molecule has 0 amide bonds. The second kappa shape index (κ2) is 4.10. The van der Waals surface area contributed by atoms with Gasteiger partial charge in [-0.1, -0.05) is 18.2 Å². The molecule has 0 saturated carbocycles. The minimum absolute atomic E-state index is 0.0539. The Hall–Kier alpha value is -2.23. The fraction of sp³-hybridized carbons (Fsp3) is 0. The molecule has 0 aliphatic heterocycles. The SMILES string of the molecule is O=C(O)c1cccc(-c2cccc(F)c2)n1. The predicted molar refractivity (Wildman–Crippen MR) is 56.6 cm³/mol. The van der Waals surface area contributed by atoms with Crippen LogP contribution in [0.1, 0.15) is 10.5 Å². The molecule has 0 aliphatic rings. The molecule has 0 radical (unpaired) electrons. The Kier molecular flexibility index (Phi) is 2.64. The van der Waals surface area contributed by atoms with Crippen LogP contribution in [-0.2, 0) is 0 Å². The normalized spacial score (nSPS) is 10.1. The highest BCUT2D eigenvalue weighted by atomic mass is 19.1. The first-order valence-corrected chi connectivity index (χ1v) is 4.63. The Bertz CT molecular complexity index is 540. The second-order valence-electron chi connectivity index (χ2n) is 3.22. The van der Waals surface area contributed by atoms with Gasteiger partial charge in [-0.15, -0.1) is 0 Å². The molecule has 0 bridgehead atoms. The van der Waals surface area contributed by atoms with E-state index in [1.807, 2.05) is 0 Å². The minimum Gasteiger partial charge on any atom is -0.477 e. The van der Waals surface area contributed by atoms with E-state index in [1.54, 1.807) is 24.3 Å². The molecule has 0 aliphatic carbocycles. The molecule has 1 heterocycles. The number of halogens is 1. The van der Waals surface area contributed by atoms with Crippen LogP contribution < -0.4 is 0 Å². The lowest BCUT2D eigenvalue weighted by molar-refractivity contribution is 0.0690. The number of pyridine rings is 1. The predicted octanol–water partition coefficient (Wildman–Crippen LogP) is 2.59. The molecule has 2 aromatic rings. The number of nitrogens with zero attached hydrogens (tertiary/aromatic N) is 1. The molecule has 0 saturated heterocycles. The number of benzene rings is 1. The summed E-state index contributed by atoms with van der Waals surface area (Å²) in [5.74, 6) is -1.47. The Balaban J connectivity index is 2.48. The summed E-state index contributed by atoms with van der Waals surface area (Å²) >= 11 is 0. The standard InChI is InChI=1S/C12H8FNO2/c13-9-4-1-3-8(7-9)10-5-2-6-11(14-10)12(15)16/h1-7H,(H,15,16). The van der Waals surface area contributed by atoms with E-state index < -0.39 is 5.97 Å². The van der Waals surface area contributed by atoms with E-state index in [0.717, 1.165) is 0 Å². The highest BCUT2D eigenvalue weighted by Crippen LogP contribution is 2.17. The van der Waals surface area contributed by atoms with Gasteiger partial charge in [-0.05, 0) is 24.3 Å². The van der Waals surface area contributed by atoms with Crippen molar-refractivity contribution >= 4 is 5.97 Å². The van der Waals surface area contributed by atoms with E-state index in [1.165, 1.54) is 18.2 Å². The summed E-state index contributed by atoms with van der Waals surface area (Å²) in [6, 6.07) is 10.5. The van der Waals surface area contributed by atoms with Gasteiger partial charge in [0.15, 0.2) is 0 Å². The third-order valence-corrected chi connectivity index (χ3v) is 2.09. The van der Waals surface area contributed by atoms with Crippen LogP contribution in [0.3, 0.4) is 0 Å². The van der Waals surface area contributed by atoms with E-state index >= 15 is 0 Å². The summed E-state index contributed by atoms with van der Waals surface area (Å²) < 4.78 is 13.0. The van der Waals surface area contributed by atoms with Crippen LogP contribution >= 0.6 is 0 Å². The van der Waals surface area contributed by atoms with Crippen LogP contribution in [0.5, 0.6) is 0 Å². The number of hydrogen-bond donors (Lipinski definition) is 1. The van der Waals surface area contributed by atoms with E-state index in [9.17, 15) is 9.18 Å². The number of aromatic carboxylic acids is 1. The van der Waals surface area contributed by atoms with Gasteiger partial charge in [0.1, 0.15) is 11.5 Å². The summed E-state index contributed by atoms with van der Waals surface area (Å²) in [6.07, 6.45) is 0. The largest absolute Gasteiger partial charge is 0.477 e. The maximum atomic E-state index is 13.0. The molecular formula is C12H8FNO2. The topological polar surface area (TPSA) is 50.2 Å². The van der Waals surface area contributed by atoms with Crippen molar-refractivity contribution in [3.05, 3.63) is 54.0 Å². The van der Waals surface area contributed by atoms with E-state index in [-0.39, 0.29) is 11.5 Å². The quantitative estimate of drug-likeness (QED) is 0.841. The van der Waals surface area contributed by atoms with Gasteiger partial charge in [-0.2, -0.15) is 0 Å². The zero-order chi connectivity index (χ0) is 11.5. The lowest BCUT2D eigenvalue weighted by atomic mass is 10.1. The third-order valence-electron chi connectivity index (χ3n) is 2.09. The average molecular weight is 217 g/mol. The van der Waals surface area contributed by atoms with Crippen molar-refractivity contribution in [3.63, 3.8) is 0 Å². The van der Waals surface area contributed by atoms with Gasteiger partial charge in [0.05, 0.1) is 5.69 Å². The lowest BCUT2D eigenvalue weighted by Gasteiger charge is -2.01. The number of rotatable bonds is 2. The van der Waals surface area contributed by atoms with E-state index in [2.05, 4.69) is 4.98 Å². The fourth-order valence-electron chi connectivity index (χ4n) is 1.36. The first-order chi connectivity index (χ1) is 7.66. The van der Waals surface area contributed by atoms with Gasteiger partial charge in [0, 0.05) is 5.56 Å². The van der Waals surface area contributed by atoms with Gasteiger partial charge in [-0.25, -0.2) is 14.2 Å². The summed E-state index contributed by atoms with van der Waals surface area (Å²) in [5, 5.41) is 8.77. The molecule has 80 valence electrons. The molecule has 1 N–H and O–H groups in total. The maximum Gasteiger partial charge on any atom is 0.354 e.